The molecule has 1 aromatic heterocycles. The van der Waals surface area contributed by atoms with E-state index in [1.165, 1.54) is 11.3 Å². The molecule has 0 unspecified atom stereocenters. The number of aryl methyl sites for hydroxylation is 1. The Hall–Kier alpha value is -2.64. The van der Waals surface area contributed by atoms with Gasteiger partial charge >= 0.3 is 0 Å². The van der Waals surface area contributed by atoms with Crippen LogP contribution in [-0.4, -0.2) is 20.9 Å². The van der Waals surface area contributed by atoms with Crippen LogP contribution in [-0.2, 0) is 14.6 Å². The molecule has 0 saturated carbocycles. The average Bonchev–Trinajstić information content (AvgIpc) is 3.17. The van der Waals surface area contributed by atoms with Crippen LogP contribution in [0.2, 0.25) is 0 Å². The fraction of sp³-hybridized carbons (Fsp3) is 0.292. The van der Waals surface area contributed by atoms with E-state index in [2.05, 4.69) is 19.2 Å². The number of sulfone groups is 1. The molecule has 3 aromatic rings. The number of ether oxygens (including phenoxy) is 1. The number of rotatable bonds is 6. The molecule has 0 aliphatic carbocycles. The number of carbonyl (C=O) groups is 1. The van der Waals surface area contributed by atoms with Crippen molar-refractivity contribution in [2.24, 2.45) is 5.92 Å². The lowest BCUT2D eigenvalue weighted by molar-refractivity contribution is -0.116. The van der Waals surface area contributed by atoms with Crippen LogP contribution in [0.1, 0.15) is 42.2 Å². The maximum Gasteiger partial charge on any atom is 0.225 e. The fourth-order valence-electron chi connectivity index (χ4n) is 3.65. The molecule has 0 bridgehead atoms. The van der Waals surface area contributed by atoms with Crippen LogP contribution in [0.4, 0.5) is 5.69 Å². The summed E-state index contributed by atoms with van der Waals surface area (Å²) in [6.45, 7) is 6.64. The molecule has 2 aromatic carbocycles. The summed E-state index contributed by atoms with van der Waals surface area (Å²) >= 11 is 1.37. The van der Waals surface area contributed by atoms with Crippen LogP contribution in [0.25, 0.3) is 0 Å². The van der Waals surface area contributed by atoms with E-state index in [0.717, 1.165) is 21.8 Å². The Morgan fingerprint density at radius 3 is 2.55 bits per heavy atom. The molecule has 2 heterocycles. The molecule has 1 amide bonds. The zero-order valence-corrected chi connectivity index (χ0v) is 19.3. The molecular formula is C24H25NO4S2. The highest BCUT2D eigenvalue weighted by Gasteiger charge is 2.35. The Morgan fingerprint density at radius 2 is 1.84 bits per heavy atom. The summed E-state index contributed by atoms with van der Waals surface area (Å²) in [6, 6.07) is 14.4. The van der Waals surface area contributed by atoms with Crippen molar-refractivity contribution in [3.8, 4) is 5.75 Å². The number of benzene rings is 2. The largest absolute Gasteiger partial charge is 0.493 e. The smallest absolute Gasteiger partial charge is 0.225 e. The highest BCUT2D eigenvalue weighted by Crippen LogP contribution is 2.47. The number of nitrogens with one attached hydrogen (secondary N) is 1. The summed E-state index contributed by atoms with van der Waals surface area (Å²) in [5, 5.41) is 4.45. The topological polar surface area (TPSA) is 72.5 Å². The lowest BCUT2D eigenvalue weighted by Crippen LogP contribution is -2.24. The quantitative estimate of drug-likeness (QED) is 0.540. The molecule has 0 saturated heterocycles. The summed E-state index contributed by atoms with van der Waals surface area (Å²) in [7, 11) is -3.75. The van der Waals surface area contributed by atoms with Gasteiger partial charge in [0.2, 0.25) is 15.7 Å². The van der Waals surface area contributed by atoms with Gasteiger partial charge in [0.1, 0.15) is 10.6 Å². The minimum absolute atomic E-state index is 0.148. The van der Waals surface area contributed by atoms with Gasteiger partial charge in [0, 0.05) is 28.2 Å². The molecule has 0 radical (unpaired) electrons. The van der Waals surface area contributed by atoms with Crippen molar-refractivity contribution >= 4 is 32.8 Å². The predicted molar refractivity (Wildman–Crippen MR) is 123 cm³/mol. The number of hydrogen-bond donors (Lipinski definition) is 1. The highest BCUT2D eigenvalue weighted by molar-refractivity contribution is 7.91. The first-order valence-corrected chi connectivity index (χ1v) is 12.6. The van der Waals surface area contributed by atoms with Gasteiger partial charge in [-0.25, -0.2) is 8.42 Å². The zero-order chi connectivity index (χ0) is 22.2. The van der Waals surface area contributed by atoms with Gasteiger partial charge in [0.15, 0.2) is 0 Å². The second kappa shape index (κ2) is 8.48. The molecule has 0 fully saturated rings. The Labute approximate surface area is 187 Å². The summed E-state index contributed by atoms with van der Waals surface area (Å²) < 4.78 is 32.6. The molecule has 1 N–H and O–H groups in total. The van der Waals surface area contributed by atoms with Crippen LogP contribution in [0.15, 0.2) is 63.7 Å². The number of fused-ring (bicyclic) bond motifs is 1. The summed E-state index contributed by atoms with van der Waals surface area (Å²) in [5.74, 6) is 0.651. The SMILES string of the molecule is Cc1ccc(S(=O)(=O)c2csc3c2NC(=O)C[C@H]3c2ccccc2OCC(C)C)cc1. The fourth-order valence-corrected chi connectivity index (χ4v) is 6.55. The van der Waals surface area contributed by atoms with E-state index in [9.17, 15) is 13.2 Å². The van der Waals surface area contributed by atoms with Crippen molar-refractivity contribution in [3.63, 3.8) is 0 Å². The third-order valence-electron chi connectivity index (χ3n) is 5.24. The maximum atomic E-state index is 13.3. The minimum Gasteiger partial charge on any atom is -0.493 e. The maximum absolute atomic E-state index is 13.3. The van der Waals surface area contributed by atoms with E-state index in [1.807, 2.05) is 31.2 Å². The summed E-state index contributed by atoms with van der Waals surface area (Å²) in [4.78, 5) is 13.8. The Kier molecular flexibility index (Phi) is 5.90. The van der Waals surface area contributed by atoms with E-state index in [4.69, 9.17) is 4.74 Å². The Balaban J connectivity index is 1.77. The van der Waals surface area contributed by atoms with Gasteiger partial charge in [-0.2, -0.15) is 0 Å². The molecule has 1 atom stereocenters. The number of carbonyl (C=O) groups excluding carboxylic acids is 1. The Morgan fingerprint density at radius 1 is 1.13 bits per heavy atom. The van der Waals surface area contributed by atoms with Crippen molar-refractivity contribution in [2.75, 3.05) is 11.9 Å². The first-order valence-electron chi connectivity index (χ1n) is 10.2. The van der Waals surface area contributed by atoms with Crippen molar-refractivity contribution in [2.45, 2.75) is 42.9 Å². The predicted octanol–water partition coefficient (Wildman–Crippen LogP) is 5.40. The molecule has 5 nitrogen and oxygen atoms in total. The molecule has 162 valence electrons. The van der Waals surface area contributed by atoms with Gasteiger partial charge in [-0.1, -0.05) is 49.7 Å². The first-order chi connectivity index (χ1) is 14.8. The van der Waals surface area contributed by atoms with Crippen LogP contribution in [0, 0.1) is 12.8 Å². The highest BCUT2D eigenvalue weighted by atomic mass is 32.2. The standard InChI is InChI=1S/C24H25NO4S2/c1-15(2)13-29-20-7-5-4-6-18(20)19-12-22(26)25-23-21(14-30-24(19)23)31(27,28)17-10-8-16(3)9-11-17/h4-11,14-15,19H,12-13H2,1-3H3,(H,25,26)/t19-/m0/s1. The Bertz CT molecular complexity index is 1210. The number of amides is 1. The minimum atomic E-state index is -3.75. The lowest BCUT2D eigenvalue weighted by Gasteiger charge is -2.25. The first kappa shape index (κ1) is 21.6. The van der Waals surface area contributed by atoms with Gasteiger partial charge in [0.05, 0.1) is 17.2 Å². The normalized spacial score (nSPS) is 16.1. The zero-order valence-electron chi connectivity index (χ0n) is 17.7. The van der Waals surface area contributed by atoms with Gasteiger partial charge in [-0.3, -0.25) is 4.79 Å². The second-order valence-electron chi connectivity index (χ2n) is 8.20. The summed E-state index contributed by atoms with van der Waals surface area (Å²) in [5.41, 5.74) is 2.28. The van der Waals surface area contributed by atoms with Crippen molar-refractivity contribution < 1.29 is 17.9 Å². The van der Waals surface area contributed by atoms with Crippen molar-refractivity contribution in [1.29, 1.82) is 0 Å². The number of para-hydroxylation sites is 1. The molecule has 1 aliphatic heterocycles. The van der Waals surface area contributed by atoms with Crippen molar-refractivity contribution in [1.82, 2.24) is 0 Å². The van der Waals surface area contributed by atoms with Gasteiger partial charge in [0.25, 0.3) is 0 Å². The van der Waals surface area contributed by atoms with E-state index >= 15 is 0 Å². The molecule has 7 heteroatoms. The van der Waals surface area contributed by atoms with E-state index in [0.29, 0.717) is 18.2 Å². The molecule has 1 aliphatic rings. The van der Waals surface area contributed by atoms with Gasteiger partial charge in [-0.15, -0.1) is 11.3 Å². The van der Waals surface area contributed by atoms with E-state index in [-0.39, 0.29) is 28.0 Å². The molecule has 0 spiro atoms. The second-order valence-corrected chi connectivity index (χ2v) is 11.0. The monoisotopic (exact) mass is 455 g/mol. The van der Waals surface area contributed by atoms with Crippen molar-refractivity contribution in [3.05, 3.63) is 69.9 Å². The van der Waals surface area contributed by atoms with E-state index in [1.54, 1.807) is 29.6 Å². The molecule has 31 heavy (non-hydrogen) atoms. The van der Waals surface area contributed by atoms with Crippen LogP contribution in [0.5, 0.6) is 5.75 Å². The number of anilines is 1. The molecular weight excluding hydrogens is 430 g/mol. The van der Waals surface area contributed by atoms with Gasteiger partial charge in [-0.05, 0) is 31.0 Å². The third kappa shape index (κ3) is 4.25. The number of hydrogen-bond acceptors (Lipinski definition) is 5. The van der Waals surface area contributed by atoms with Crippen LogP contribution < -0.4 is 10.1 Å². The molecule has 4 rings (SSSR count). The van der Waals surface area contributed by atoms with E-state index < -0.39 is 9.84 Å². The average molecular weight is 456 g/mol. The van der Waals surface area contributed by atoms with Crippen LogP contribution in [0.3, 0.4) is 0 Å². The van der Waals surface area contributed by atoms with Crippen LogP contribution >= 0.6 is 11.3 Å². The third-order valence-corrected chi connectivity index (χ3v) is 8.28. The summed E-state index contributed by atoms with van der Waals surface area (Å²) in [6.07, 6.45) is 0.250. The van der Waals surface area contributed by atoms with Gasteiger partial charge < -0.3 is 10.1 Å². The lowest BCUT2D eigenvalue weighted by atomic mass is 9.90. The number of thiophene rings is 1.